The number of nitrogens with one attached hydrogen (secondary N) is 1. The van der Waals surface area contributed by atoms with Crippen molar-refractivity contribution in [2.75, 3.05) is 0 Å². The van der Waals surface area contributed by atoms with Gasteiger partial charge in [-0.2, -0.15) is 13.2 Å². The second-order valence-electron chi connectivity index (χ2n) is 5.76. The molecule has 118 valence electrons. The van der Waals surface area contributed by atoms with Crippen LogP contribution in [-0.4, -0.2) is 12.2 Å². The van der Waals surface area contributed by atoms with Gasteiger partial charge in [0.2, 0.25) is 0 Å². The van der Waals surface area contributed by atoms with Crippen molar-refractivity contribution in [3.63, 3.8) is 0 Å². The van der Waals surface area contributed by atoms with Gasteiger partial charge in [-0.25, -0.2) is 0 Å². The lowest BCUT2D eigenvalue weighted by Crippen LogP contribution is -2.44. The molecule has 0 spiro atoms. The fourth-order valence-electron chi connectivity index (χ4n) is 3.08. The van der Waals surface area contributed by atoms with Gasteiger partial charge in [-0.05, 0) is 55.7 Å². The van der Waals surface area contributed by atoms with E-state index in [1.54, 1.807) is 0 Å². The lowest BCUT2D eigenvalue weighted by atomic mass is 9.77. The Balaban J connectivity index is 1.92. The van der Waals surface area contributed by atoms with E-state index in [1.807, 2.05) is 24.3 Å². The molecule has 1 aromatic rings. The summed E-state index contributed by atoms with van der Waals surface area (Å²) in [4.78, 5) is 0. The molecule has 1 unspecified atom stereocenters. The minimum absolute atomic E-state index is 0.000333. The van der Waals surface area contributed by atoms with Crippen molar-refractivity contribution in [2.45, 2.75) is 44.3 Å². The SMILES string of the molecule is NNC(Cc1ccc(Cl)cc1)C1CCC(C(F)(F)F)CC1. The molecule has 1 aliphatic carbocycles. The van der Waals surface area contributed by atoms with Crippen LogP contribution in [0.1, 0.15) is 31.2 Å². The van der Waals surface area contributed by atoms with Gasteiger partial charge in [-0.15, -0.1) is 0 Å². The number of halogens is 4. The van der Waals surface area contributed by atoms with Gasteiger partial charge < -0.3 is 0 Å². The molecule has 2 rings (SSSR count). The molecule has 1 saturated carbocycles. The highest BCUT2D eigenvalue weighted by Crippen LogP contribution is 2.40. The molecule has 1 aliphatic rings. The van der Waals surface area contributed by atoms with Crippen LogP contribution in [0.15, 0.2) is 24.3 Å². The van der Waals surface area contributed by atoms with E-state index in [4.69, 9.17) is 17.4 Å². The smallest absolute Gasteiger partial charge is 0.271 e. The summed E-state index contributed by atoms with van der Waals surface area (Å²) in [6, 6.07) is 7.47. The summed E-state index contributed by atoms with van der Waals surface area (Å²) >= 11 is 5.84. The normalized spacial score (nSPS) is 24.8. The maximum atomic E-state index is 12.7. The minimum Gasteiger partial charge on any atom is -0.271 e. The number of alkyl halides is 3. The molecular weight excluding hydrogens is 301 g/mol. The van der Waals surface area contributed by atoms with Gasteiger partial charge in [0.05, 0.1) is 5.92 Å². The Bertz CT molecular complexity index is 439. The fraction of sp³-hybridized carbons (Fsp3) is 0.600. The molecule has 1 fully saturated rings. The van der Waals surface area contributed by atoms with Crippen LogP contribution in [0.5, 0.6) is 0 Å². The second-order valence-corrected chi connectivity index (χ2v) is 6.19. The molecule has 6 heteroatoms. The number of benzene rings is 1. The topological polar surface area (TPSA) is 38.0 Å². The van der Waals surface area contributed by atoms with Crippen molar-refractivity contribution in [2.24, 2.45) is 17.7 Å². The van der Waals surface area contributed by atoms with Crippen LogP contribution in [0.4, 0.5) is 13.2 Å². The average molecular weight is 321 g/mol. The number of hydrazine groups is 1. The van der Waals surface area contributed by atoms with Crippen LogP contribution in [-0.2, 0) is 6.42 Å². The highest BCUT2D eigenvalue weighted by Gasteiger charge is 2.42. The van der Waals surface area contributed by atoms with Gasteiger partial charge >= 0.3 is 6.18 Å². The van der Waals surface area contributed by atoms with Crippen LogP contribution in [0.2, 0.25) is 5.02 Å². The predicted octanol–water partition coefficient (Wildman–Crippen LogP) is 4.08. The molecule has 0 amide bonds. The predicted molar refractivity (Wildman–Crippen MR) is 77.8 cm³/mol. The zero-order valence-electron chi connectivity index (χ0n) is 11.7. The Morgan fingerprint density at radius 3 is 2.19 bits per heavy atom. The maximum Gasteiger partial charge on any atom is 0.391 e. The van der Waals surface area contributed by atoms with E-state index < -0.39 is 12.1 Å². The summed E-state index contributed by atoms with van der Waals surface area (Å²) in [5.74, 6) is 4.64. The first-order valence-electron chi connectivity index (χ1n) is 7.17. The molecule has 3 N–H and O–H groups in total. The standard InChI is InChI=1S/C15H20ClF3N2/c16-13-7-1-10(2-8-13)9-14(21-20)11-3-5-12(6-4-11)15(17,18)19/h1-2,7-8,11-12,14,21H,3-6,9,20H2. The number of hydrogen-bond acceptors (Lipinski definition) is 2. The van der Waals surface area contributed by atoms with Gasteiger partial charge in [0, 0.05) is 11.1 Å². The second kappa shape index (κ2) is 6.99. The minimum atomic E-state index is -4.06. The van der Waals surface area contributed by atoms with E-state index in [1.165, 1.54) is 0 Å². The summed E-state index contributed by atoms with van der Waals surface area (Å²) in [5, 5.41) is 0.668. The molecular formula is C15H20ClF3N2. The molecule has 0 radical (unpaired) electrons. The van der Waals surface area contributed by atoms with E-state index in [-0.39, 0.29) is 24.8 Å². The highest BCUT2D eigenvalue weighted by atomic mass is 35.5. The first kappa shape index (κ1) is 16.6. The Hall–Kier alpha value is -0.780. The van der Waals surface area contributed by atoms with Crippen LogP contribution < -0.4 is 11.3 Å². The van der Waals surface area contributed by atoms with Crippen molar-refractivity contribution in [3.8, 4) is 0 Å². The van der Waals surface area contributed by atoms with E-state index in [2.05, 4.69) is 5.43 Å². The third-order valence-corrected chi connectivity index (χ3v) is 4.64. The molecule has 2 nitrogen and oxygen atoms in total. The van der Waals surface area contributed by atoms with Crippen molar-refractivity contribution < 1.29 is 13.2 Å². The van der Waals surface area contributed by atoms with Gasteiger partial charge in [0.15, 0.2) is 0 Å². The third-order valence-electron chi connectivity index (χ3n) is 4.39. The molecule has 0 bridgehead atoms. The van der Waals surface area contributed by atoms with Crippen molar-refractivity contribution in [3.05, 3.63) is 34.9 Å². The van der Waals surface area contributed by atoms with Crippen molar-refractivity contribution in [1.29, 1.82) is 0 Å². The van der Waals surface area contributed by atoms with E-state index in [9.17, 15) is 13.2 Å². The Morgan fingerprint density at radius 2 is 1.71 bits per heavy atom. The van der Waals surface area contributed by atoms with E-state index in [0.717, 1.165) is 5.56 Å². The monoisotopic (exact) mass is 320 g/mol. The van der Waals surface area contributed by atoms with Crippen molar-refractivity contribution in [1.82, 2.24) is 5.43 Å². The summed E-state index contributed by atoms with van der Waals surface area (Å²) in [5.41, 5.74) is 3.86. The summed E-state index contributed by atoms with van der Waals surface area (Å²) in [6.07, 6.45) is -1.83. The lowest BCUT2D eigenvalue weighted by Gasteiger charge is -2.34. The van der Waals surface area contributed by atoms with E-state index >= 15 is 0 Å². The Labute approximate surface area is 127 Å². The number of hydrogen-bond donors (Lipinski definition) is 2. The van der Waals surface area contributed by atoms with Crippen LogP contribution in [0.25, 0.3) is 0 Å². The molecule has 1 atom stereocenters. The molecule has 0 heterocycles. The van der Waals surface area contributed by atoms with Gasteiger partial charge in [-0.1, -0.05) is 23.7 Å². The highest BCUT2D eigenvalue weighted by molar-refractivity contribution is 6.30. The third kappa shape index (κ3) is 4.59. The zero-order chi connectivity index (χ0) is 15.5. The summed E-state index contributed by atoms with van der Waals surface area (Å²) in [7, 11) is 0. The Kier molecular flexibility index (Phi) is 5.52. The summed E-state index contributed by atoms with van der Waals surface area (Å²) < 4.78 is 38.0. The Morgan fingerprint density at radius 1 is 1.14 bits per heavy atom. The van der Waals surface area contributed by atoms with Gasteiger partial charge in [0.1, 0.15) is 0 Å². The fourth-order valence-corrected chi connectivity index (χ4v) is 3.21. The number of nitrogens with two attached hydrogens (primary N) is 1. The summed E-state index contributed by atoms with van der Waals surface area (Å²) in [6.45, 7) is 0. The first-order chi connectivity index (χ1) is 9.90. The lowest BCUT2D eigenvalue weighted by molar-refractivity contribution is -0.184. The number of rotatable bonds is 4. The van der Waals surface area contributed by atoms with Crippen LogP contribution >= 0.6 is 11.6 Å². The molecule has 1 aromatic carbocycles. The first-order valence-corrected chi connectivity index (χ1v) is 7.55. The van der Waals surface area contributed by atoms with Crippen LogP contribution in [0.3, 0.4) is 0 Å². The molecule has 0 aliphatic heterocycles. The molecule has 0 aromatic heterocycles. The quantitative estimate of drug-likeness (QED) is 0.648. The molecule has 21 heavy (non-hydrogen) atoms. The van der Waals surface area contributed by atoms with Crippen LogP contribution in [0, 0.1) is 11.8 Å². The maximum absolute atomic E-state index is 12.7. The zero-order valence-corrected chi connectivity index (χ0v) is 12.4. The molecule has 0 saturated heterocycles. The van der Waals surface area contributed by atoms with E-state index in [0.29, 0.717) is 24.3 Å². The average Bonchev–Trinajstić information content (AvgIpc) is 2.46. The largest absolute Gasteiger partial charge is 0.391 e. The van der Waals surface area contributed by atoms with Crippen molar-refractivity contribution >= 4 is 11.6 Å². The van der Waals surface area contributed by atoms with Gasteiger partial charge in [0.25, 0.3) is 0 Å². The van der Waals surface area contributed by atoms with Gasteiger partial charge in [-0.3, -0.25) is 11.3 Å².